The number of aromatic nitrogens is 2. The smallest absolute Gasteiger partial charge is 0.303 e. The van der Waals surface area contributed by atoms with Crippen LogP contribution >= 0.6 is 12.2 Å². The molecule has 43 heavy (non-hydrogen) atoms. The van der Waals surface area contributed by atoms with E-state index in [1.165, 1.54) is 0 Å². The van der Waals surface area contributed by atoms with Gasteiger partial charge in [-0.1, -0.05) is 37.5 Å². The van der Waals surface area contributed by atoms with Gasteiger partial charge < -0.3 is 25.5 Å². The lowest BCUT2D eigenvalue weighted by atomic mass is 10.0. The van der Waals surface area contributed by atoms with Crippen LogP contribution in [0.2, 0.25) is 0 Å². The Hall–Kier alpha value is -4.83. The molecule has 2 aliphatic heterocycles. The van der Waals surface area contributed by atoms with Gasteiger partial charge in [0.25, 0.3) is 5.91 Å². The number of rotatable bonds is 11. The Balaban J connectivity index is 1.92. The monoisotopic (exact) mass is 598 g/mol. The van der Waals surface area contributed by atoms with Gasteiger partial charge >= 0.3 is 11.9 Å². The summed E-state index contributed by atoms with van der Waals surface area (Å²) in [5.74, 6) is -2.03. The molecule has 0 saturated heterocycles. The summed E-state index contributed by atoms with van der Waals surface area (Å²) in [7, 11) is 0. The molecule has 0 aromatic carbocycles. The van der Waals surface area contributed by atoms with Crippen molar-refractivity contribution in [1.82, 2.24) is 15.3 Å². The number of hydrogen-bond acceptors (Lipinski definition) is 4. The van der Waals surface area contributed by atoms with Crippen molar-refractivity contribution in [2.75, 3.05) is 0 Å². The molecule has 0 radical (unpaired) electrons. The molecule has 0 atom stereocenters. The molecular weight excluding hydrogens is 564 g/mol. The number of aliphatic carboxylic acids is 2. The van der Waals surface area contributed by atoms with Gasteiger partial charge in [-0.25, -0.2) is 4.99 Å². The normalized spacial score (nSPS) is 16.9. The zero-order valence-electron chi connectivity index (χ0n) is 24.6. The lowest BCUT2D eigenvalue weighted by Gasteiger charge is -2.02. The van der Waals surface area contributed by atoms with Crippen LogP contribution in [-0.2, 0) is 27.2 Å². The molecule has 222 valence electrons. The molecule has 2 aromatic rings. The molecule has 0 unspecified atom stereocenters. The summed E-state index contributed by atoms with van der Waals surface area (Å²) >= 11 is 5.38. The number of allylic oxidation sites excluding steroid dienone is 2. The number of H-pyrrole nitrogens is 2. The number of aromatic amines is 2. The van der Waals surface area contributed by atoms with Crippen molar-refractivity contribution in [3.8, 4) is 0 Å². The molecule has 5 N–H and O–H groups in total. The highest BCUT2D eigenvalue weighted by Gasteiger charge is 2.23. The van der Waals surface area contributed by atoms with Crippen molar-refractivity contribution in [2.45, 2.75) is 53.4 Å². The van der Waals surface area contributed by atoms with E-state index in [1.807, 2.05) is 39.0 Å². The third kappa shape index (κ3) is 6.34. The van der Waals surface area contributed by atoms with Gasteiger partial charge in [0.15, 0.2) is 0 Å². The Morgan fingerprint density at radius 1 is 0.814 bits per heavy atom. The maximum atomic E-state index is 12.3. The number of nitrogens with zero attached hydrogens (tertiary/aromatic N) is 1. The summed E-state index contributed by atoms with van der Waals surface area (Å²) in [6.45, 7) is 15.1. The van der Waals surface area contributed by atoms with Crippen molar-refractivity contribution in [3.05, 3.63) is 97.6 Å². The first-order valence-electron chi connectivity index (χ1n) is 13.8. The van der Waals surface area contributed by atoms with Gasteiger partial charge in [0, 0.05) is 51.6 Å². The van der Waals surface area contributed by atoms with E-state index < -0.39 is 11.9 Å². The molecular formula is C33H34N4O5S. The highest BCUT2D eigenvalue weighted by molar-refractivity contribution is 7.80. The fourth-order valence-electron chi connectivity index (χ4n) is 5.34. The van der Waals surface area contributed by atoms with Crippen LogP contribution in [0.3, 0.4) is 0 Å². The van der Waals surface area contributed by atoms with E-state index in [1.54, 1.807) is 19.1 Å². The van der Waals surface area contributed by atoms with Crippen molar-refractivity contribution in [2.24, 2.45) is 4.99 Å². The molecule has 0 spiro atoms. The van der Waals surface area contributed by atoms with Crippen molar-refractivity contribution >= 4 is 59.0 Å². The van der Waals surface area contributed by atoms with Crippen molar-refractivity contribution in [1.29, 1.82) is 0 Å². The molecule has 10 heteroatoms. The zero-order valence-corrected chi connectivity index (χ0v) is 25.4. The Labute approximate surface area is 254 Å². The summed E-state index contributed by atoms with van der Waals surface area (Å²) in [6, 6.07) is 0. The minimum absolute atomic E-state index is 0.0633. The number of hydrogen-bond donors (Lipinski definition) is 5. The van der Waals surface area contributed by atoms with Crippen LogP contribution in [0.4, 0.5) is 0 Å². The maximum absolute atomic E-state index is 12.3. The van der Waals surface area contributed by atoms with Gasteiger partial charge in [-0.3, -0.25) is 14.4 Å². The number of carboxylic acid groups (broad SMARTS) is 2. The van der Waals surface area contributed by atoms with Crippen LogP contribution in [0.25, 0.3) is 18.2 Å². The average Bonchev–Trinajstić information content (AvgIpc) is 3.59. The Morgan fingerprint density at radius 3 is 2.02 bits per heavy atom. The molecule has 4 heterocycles. The molecule has 0 bridgehead atoms. The predicted octanol–water partition coefficient (Wildman–Crippen LogP) is 3.86. The standard InChI is InChI=1S/C33H34N4O5S/c1-7-20-19(6)32(42)36-27(20)14-25-18(5)23(10-12-31(40)41)29(35-25)15-28-22(9-11-30(38)39)17(4)24(34-28)13-26-16(3)21(8-2)33(43)37-26/h7-8,13-15,34-35H,1-2,9-12H2,3-6H3,(H,36,42)(H,38,39)(H,40,41). The second-order valence-corrected chi connectivity index (χ2v) is 10.9. The molecule has 0 saturated carbocycles. The van der Waals surface area contributed by atoms with Crippen LogP contribution in [0.15, 0.2) is 58.3 Å². The lowest BCUT2D eigenvalue weighted by molar-refractivity contribution is -0.138. The van der Waals surface area contributed by atoms with Crippen LogP contribution in [0.5, 0.6) is 0 Å². The van der Waals surface area contributed by atoms with Crippen LogP contribution in [0.1, 0.15) is 60.3 Å². The van der Waals surface area contributed by atoms with E-state index in [9.17, 15) is 24.6 Å². The van der Waals surface area contributed by atoms with Crippen LogP contribution in [-0.4, -0.2) is 48.7 Å². The minimum atomic E-state index is -0.922. The summed E-state index contributed by atoms with van der Waals surface area (Å²) in [6.07, 6.45) is 9.33. The molecule has 2 aliphatic rings. The van der Waals surface area contributed by atoms with E-state index in [2.05, 4.69) is 33.4 Å². The summed E-state index contributed by atoms with van der Waals surface area (Å²) < 4.78 is 0. The highest BCUT2D eigenvalue weighted by Crippen LogP contribution is 2.27. The second kappa shape index (κ2) is 12.6. The topological polar surface area (TPSA) is 148 Å². The van der Waals surface area contributed by atoms with Gasteiger partial charge in [0.05, 0.1) is 11.4 Å². The van der Waals surface area contributed by atoms with Gasteiger partial charge in [0.2, 0.25) is 0 Å². The first kappa shape index (κ1) is 31.1. The maximum Gasteiger partial charge on any atom is 0.303 e. The highest BCUT2D eigenvalue weighted by atomic mass is 32.1. The summed E-state index contributed by atoms with van der Waals surface area (Å²) in [5, 5.41) is 23.2. The molecule has 2 aromatic heterocycles. The van der Waals surface area contributed by atoms with Crippen LogP contribution in [0, 0.1) is 13.8 Å². The van der Waals surface area contributed by atoms with Gasteiger partial charge in [-0.2, -0.15) is 0 Å². The Morgan fingerprint density at radius 2 is 1.44 bits per heavy atom. The first-order valence-corrected chi connectivity index (χ1v) is 14.2. The van der Waals surface area contributed by atoms with Crippen molar-refractivity contribution in [3.63, 3.8) is 0 Å². The third-order valence-corrected chi connectivity index (χ3v) is 8.18. The number of aliphatic imine (C=N–C) groups is 1. The fourth-order valence-corrected chi connectivity index (χ4v) is 5.68. The third-order valence-electron chi connectivity index (χ3n) is 7.87. The lowest BCUT2D eigenvalue weighted by Crippen LogP contribution is -2.15. The van der Waals surface area contributed by atoms with E-state index in [4.69, 9.17) is 12.2 Å². The molecule has 0 aliphatic carbocycles. The molecule has 4 rings (SSSR count). The largest absolute Gasteiger partial charge is 0.481 e. The average molecular weight is 599 g/mol. The first-order chi connectivity index (χ1) is 20.4. The Kier molecular flexibility index (Phi) is 9.10. The molecule has 0 fully saturated rings. The zero-order chi connectivity index (χ0) is 31.6. The SMILES string of the molecule is C=CC1=C(C)C(C=c2[nH]c(=Cc3[nH]c(C=C4NC(=O)C(C)=C4C=C)c(C)c3CCC(=O)O)c(CCC(=O)O)c2C)=NC1=S. The van der Waals surface area contributed by atoms with E-state index in [-0.39, 0.29) is 31.6 Å². The quantitative estimate of drug-likeness (QED) is 0.248. The Bertz CT molecular complexity index is 1860. The molecule has 1 amide bonds. The van der Waals surface area contributed by atoms with E-state index in [0.717, 1.165) is 38.7 Å². The van der Waals surface area contributed by atoms with Gasteiger partial charge in [0.1, 0.15) is 4.99 Å². The number of carbonyl (C=O) groups excluding carboxylic acids is 1. The van der Waals surface area contributed by atoms with E-state index >= 15 is 0 Å². The number of thiocarbonyl (C=S) groups is 1. The van der Waals surface area contributed by atoms with Gasteiger partial charge in [-0.05, 0) is 86.6 Å². The van der Waals surface area contributed by atoms with E-state index in [0.29, 0.717) is 44.3 Å². The number of amides is 1. The second-order valence-electron chi connectivity index (χ2n) is 10.5. The summed E-state index contributed by atoms with van der Waals surface area (Å²) in [4.78, 5) is 47.1. The summed E-state index contributed by atoms with van der Waals surface area (Å²) in [5.41, 5.74) is 9.03. The van der Waals surface area contributed by atoms with Crippen LogP contribution < -0.4 is 16.0 Å². The van der Waals surface area contributed by atoms with Gasteiger partial charge in [-0.15, -0.1) is 0 Å². The minimum Gasteiger partial charge on any atom is -0.481 e. The number of carbonyl (C=O) groups is 3. The molecule has 9 nitrogen and oxygen atoms in total. The number of nitrogens with one attached hydrogen (secondary N) is 3. The predicted molar refractivity (Wildman–Crippen MR) is 172 cm³/mol. The number of carboxylic acids is 2. The fraction of sp³-hybridized carbons (Fsp3) is 0.242. The van der Waals surface area contributed by atoms with Crippen molar-refractivity contribution < 1.29 is 24.6 Å².